The summed E-state index contributed by atoms with van der Waals surface area (Å²) in [5.41, 5.74) is 10.6. The van der Waals surface area contributed by atoms with Gasteiger partial charge in [-0.2, -0.15) is 0 Å². The number of carbonyl (C=O) groups is 1. The van der Waals surface area contributed by atoms with Gasteiger partial charge in [-0.25, -0.2) is 0 Å². The summed E-state index contributed by atoms with van der Waals surface area (Å²) in [6, 6.07) is 16.4. The maximum Gasteiger partial charge on any atom is 0.223 e. The molecular weight excluding hydrogens is 324 g/mol. The van der Waals surface area contributed by atoms with Crippen LogP contribution in [0.3, 0.4) is 0 Å². The lowest BCUT2D eigenvalue weighted by molar-refractivity contribution is -0.131. The zero-order valence-electron chi connectivity index (χ0n) is 15.2. The fourth-order valence-electron chi connectivity index (χ4n) is 3.11. The van der Waals surface area contributed by atoms with Gasteiger partial charge in [0.1, 0.15) is 0 Å². The summed E-state index contributed by atoms with van der Waals surface area (Å²) in [5.74, 6) is 0.563. The number of fused-ring (bicyclic) bond motifs is 1. The maximum atomic E-state index is 12.3. The summed E-state index contributed by atoms with van der Waals surface area (Å²) in [7, 11) is 0. The normalized spacial score (nSPS) is 13.6. The minimum Gasteiger partial charge on any atom is -0.370 e. The molecule has 1 amide bonds. The van der Waals surface area contributed by atoms with Crippen molar-refractivity contribution in [2.75, 3.05) is 11.9 Å². The average molecular weight is 350 g/mol. The lowest BCUT2D eigenvalue weighted by Gasteiger charge is -2.14. The SMILES string of the molecule is CCc1ccc(NC(N)=NCCCC(=O)N2Cc3ccccc3C2)cc1. The Morgan fingerprint density at radius 1 is 1.12 bits per heavy atom. The fraction of sp³-hybridized carbons (Fsp3) is 0.333. The van der Waals surface area contributed by atoms with Crippen LogP contribution in [0.5, 0.6) is 0 Å². The highest BCUT2D eigenvalue weighted by Crippen LogP contribution is 2.22. The van der Waals surface area contributed by atoms with Crippen LogP contribution in [0.2, 0.25) is 0 Å². The number of anilines is 1. The summed E-state index contributed by atoms with van der Waals surface area (Å²) in [6.07, 6.45) is 2.21. The van der Waals surface area contributed by atoms with Crippen LogP contribution < -0.4 is 11.1 Å². The molecule has 0 fully saturated rings. The maximum absolute atomic E-state index is 12.3. The third-order valence-electron chi connectivity index (χ3n) is 4.66. The molecule has 1 aliphatic heterocycles. The molecule has 0 bridgehead atoms. The van der Waals surface area contributed by atoms with Crippen LogP contribution in [0, 0.1) is 0 Å². The Labute approximate surface area is 154 Å². The molecule has 0 radical (unpaired) electrons. The van der Waals surface area contributed by atoms with Crippen LogP contribution in [-0.4, -0.2) is 23.3 Å². The first-order valence-corrected chi connectivity index (χ1v) is 9.16. The molecule has 136 valence electrons. The number of nitrogens with zero attached hydrogens (tertiary/aromatic N) is 2. The van der Waals surface area contributed by atoms with E-state index < -0.39 is 0 Å². The standard InChI is InChI=1S/C21H26N4O/c1-2-16-9-11-19(12-10-16)24-21(22)23-13-5-8-20(26)25-14-17-6-3-4-7-18(17)15-25/h3-4,6-7,9-12H,2,5,8,13-15H2,1H3,(H3,22,23,24). The van der Waals surface area contributed by atoms with Crippen molar-refractivity contribution in [3.63, 3.8) is 0 Å². The molecule has 0 aliphatic carbocycles. The van der Waals surface area contributed by atoms with Gasteiger partial charge in [0.25, 0.3) is 0 Å². The Kier molecular flexibility index (Phi) is 5.89. The van der Waals surface area contributed by atoms with Gasteiger partial charge in [-0.3, -0.25) is 9.79 Å². The van der Waals surface area contributed by atoms with Crippen molar-refractivity contribution in [1.29, 1.82) is 0 Å². The quantitative estimate of drug-likeness (QED) is 0.477. The predicted octanol–water partition coefficient (Wildman–Crippen LogP) is 3.30. The van der Waals surface area contributed by atoms with E-state index in [9.17, 15) is 4.79 Å². The molecule has 26 heavy (non-hydrogen) atoms. The van der Waals surface area contributed by atoms with Crippen LogP contribution in [0.15, 0.2) is 53.5 Å². The van der Waals surface area contributed by atoms with Gasteiger partial charge in [-0.1, -0.05) is 43.3 Å². The van der Waals surface area contributed by atoms with Gasteiger partial charge >= 0.3 is 0 Å². The van der Waals surface area contributed by atoms with Crippen LogP contribution in [0.4, 0.5) is 5.69 Å². The Morgan fingerprint density at radius 2 is 1.77 bits per heavy atom. The van der Waals surface area contributed by atoms with E-state index in [2.05, 4.69) is 41.5 Å². The number of carbonyl (C=O) groups excluding carboxylic acids is 1. The molecule has 1 aliphatic rings. The second-order valence-electron chi connectivity index (χ2n) is 6.56. The molecule has 1 heterocycles. The highest BCUT2D eigenvalue weighted by molar-refractivity contribution is 5.92. The molecule has 0 saturated carbocycles. The highest BCUT2D eigenvalue weighted by Gasteiger charge is 2.22. The highest BCUT2D eigenvalue weighted by atomic mass is 16.2. The first-order valence-electron chi connectivity index (χ1n) is 9.16. The van der Waals surface area contributed by atoms with Crippen molar-refractivity contribution in [2.24, 2.45) is 10.7 Å². The van der Waals surface area contributed by atoms with Gasteiger partial charge in [0.15, 0.2) is 5.96 Å². The van der Waals surface area contributed by atoms with Crippen LogP contribution in [-0.2, 0) is 24.3 Å². The number of guanidine groups is 1. The lowest BCUT2D eigenvalue weighted by Crippen LogP contribution is -2.25. The molecule has 0 atom stereocenters. The van der Waals surface area contributed by atoms with E-state index in [0.717, 1.165) is 25.2 Å². The van der Waals surface area contributed by atoms with E-state index in [-0.39, 0.29) is 5.91 Å². The van der Waals surface area contributed by atoms with Gasteiger partial charge in [0.05, 0.1) is 0 Å². The third-order valence-corrected chi connectivity index (χ3v) is 4.66. The van der Waals surface area contributed by atoms with Crippen molar-refractivity contribution in [3.8, 4) is 0 Å². The second kappa shape index (κ2) is 8.52. The molecule has 5 nitrogen and oxygen atoms in total. The summed E-state index contributed by atoms with van der Waals surface area (Å²) >= 11 is 0. The minimum absolute atomic E-state index is 0.179. The van der Waals surface area contributed by atoms with E-state index in [1.807, 2.05) is 29.2 Å². The third kappa shape index (κ3) is 4.63. The number of aliphatic imine (C=N–C) groups is 1. The molecule has 3 N–H and O–H groups in total. The zero-order chi connectivity index (χ0) is 18.4. The molecule has 0 saturated heterocycles. The first-order chi connectivity index (χ1) is 12.7. The largest absolute Gasteiger partial charge is 0.370 e. The topological polar surface area (TPSA) is 70.7 Å². The molecule has 3 rings (SSSR count). The van der Waals surface area contributed by atoms with Crippen LogP contribution in [0.1, 0.15) is 36.5 Å². The molecule has 0 aromatic heterocycles. The van der Waals surface area contributed by atoms with Gasteiger partial charge < -0.3 is 16.0 Å². The van der Waals surface area contributed by atoms with E-state index in [0.29, 0.717) is 25.3 Å². The van der Waals surface area contributed by atoms with Gasteiger partial charge in [-0.15, -0.1) is 0 Å². The molecule has 5 heteroatoms. The molecule has 2 aromatic rings. The van der Waals surface area contributed by atoms with Crippen molar-refractivity contribution >= 4 is 17.6 Å². The predicted molar refractivity (Wildman–Crippen MR) is 106 cm³/mol. The molecule has 0 unspecified atom stereocenters. The lowest BCUT2D eigenvalue weighted by atomic mass is 10.1. The Morgan fingerprint density at radius 3 is 2.38 bits per heavy atom. The summed E-state index contributed by atoms with van der Waals surface area (Å²) in [4.78, 5) is 18.6. The number of hydrogen-bond donors (Lipinski definition) is 2. The van der Waals surface area contributed by atoms with E-state index >= 15 is 0 Å². The van der Waals surface area contributed by atoms with Gasteiger partial charge in [-0.05, 0) is 41.7 Å². The Hall–Kier alpha value is -2.82. The van der Waals surface area contributed by atoms with E-state index in [1.54, 1.807) is 0 Å². The fourth-order valence-corrected chi connectivity index (χ4v) is 3.11. The van der Waals surface area contributed by atoms with Crippen molar-refractivity contribution in [2.45, 2.75) is 39.3 Å². The van der Waals surface area contributed by atoms with Crippen molar-refractivity contribution < 1.29 is 4.79 Å². The minimum atomic E-state index is 0.179. The smallest absolute Gasteiger partial charge is 0.223 e. The average Bonchev–Trinajstić information content (AvgIpc) is 3.10. The Balaban J connectivity index is 1.40. The van der Waals surface area contributed by atoms with E-state index in [4.69, 9.17) is 5.73 Å². The van der Waals surface area contributed by atoms with Crippen LogP contribution >= 0.6 is 0 Å². The zero-order valence-corrected chi connectivity index (χ0v) is 15.2. The molecule has 2 aromatic carbocycles. The number of nitrogens with two attached hydrogens (primary N) is 1. The number of hydrogen-bond acceptors (Lipinski definition) is 2. The number of benzene rings is 2. The van der Waals surface area contributed by atoms with Gasteiger partial charge in [0.2, 0.25) is 5.91 Å². The first kappa shape index (κ1) is 18.0. The van der Waals surface area contributed by atoms with Crippen molar-refractivity contribution in [1.82, 2.24) is 4.90 Å². The van der Waals surface area contributed by atoms with Gasteiger partial charge in [0, 0.05) is 31.7 Å². The molecule has 0 spiro atoms. The number of aryl methyl sites for hydroxylation is 1. The number of rotatable bonds is 6. The summed E-state index contributed by atoms with van der Waals surface area (Å²) in [5, 5.41) is 3.08. The summed E-state index contributed by atoms with van der Waals surface area (Å²) < 4.78 is 0. The number of nitrogens with one attached hydrogen (secondary N) is 1. The van der Waals surface area contributed by atoms with Crippen molar-refractivity contribution in [3.05, 3.63) is 65.2 Å². The number of amides is 1. The summed E-state index contributed by atoms with van der Waals surface area (Å²) in [6.45, 7) is 4.10. The monoisotopic (exact) mass is 350 g/mol. The van der Waals surface area contributed by atoms with E-state index in [1.165, 1.54) is 16.7 Å². The molecular formula is C21H26N4O. The van der Waals surface area contributed by atoms with Crippen LogP contribution in [0.25, 0.3) is 0 Å². The second-order valence-corrected chi connectivity index (χ2v) is 6.56. The Bertz CT molecular complexity index is 758.